The summed E-state index contributed by atoms with van der Waals surface area (Å²) in [6, 6.07) is 20.2. The van der Waals surface area contributed by atoms with Gasteiger partial charge in [0.15, 0.2) is 0 Å². The molecule has 0 amide bonds. The van der Waals surface area contributed by atoms with Crippen LogP contribution in [0.25, 0.3) is 11.0 Å². The van der Waals surface area contributed by atoms with Gasteiger partial charge >= 0.3 is 5.69 Å². The van der Waals surface area contributed by atoms with Gasteiger partial charge in [-0.15, -0.1) is 11.3 Å². The average molecular weight is 320 g/mol. The minimum Gasteiger partial charge on any atom is -0.287 e. The molecule has 0 N–H and O–H groups in total. The van der Waals surface area contributed by atoms with Crippen molar-refractivity contribution in [2.45, 2.75) is 13.1 Å². The third-order valence-corrected chi connectivity index (χ3v) is 4.75. The summed E-state index contributed by atoms with van der Waals surface area (Å²) in [5.74, 6) is 0. The summed E-state index contributed by atoms with van der Waals surface area (Å²) in [6.07, 6.45) is 0. The first-order valence-electron chi connectivity index (χ1n) is 7.56. The van der Waals surface area contributed by atoms with E-state index in [1.54, 1.807) is 11.3 Å². The molecule has 0 radical (unpaired) electrons. The molecule has 0 fully saturated rings. The van der Waals surface area contributed by atoms with Crippen LogP contribution in [0.4, 0.5) is 0 Å². The predicted molar refractivity (Wildman–Crippen MR) is 95.2 cm³/mol. The molecule has 4 heteroatoms. The minimum absolute atomic E-state index is 0.0514. The second kappa shape index (κ2) is 5.89. The van der Waals surface area contributed by atoms with Crippen molar-refractivity contribution in [2.75, 3.05) is 0 Å². The third kappa shape index (κ3) is 2.62. The number of hydrogen-bond donors (Lipinski definition) is 0. The maximum Gasteiger partial charge on any atom is 0.329 e. The first-order chi connectivity index (χ1) is 11.3. The van der Waals surface area contributed by atoms with Gasteiger partial charge < -0.3 is 0 Å². The van der Waals surface area contributed by atoms with E-state index >= 15 is 0 Å². The summed E-state index contributed by atoms with van der Waals surface area (Å²) in [5, 5.41) is 4.11. The largest absolute Gasteiger partial charge is 0.329 e. The fraction of sp³-hybridized carbons (Fsp3) is 0.105. The van der Waals surface area contributed by atoms with Crippen LogP contribution in [0.1, 0.15) is 11.1 Å². The Kier molecular flexibility index (Phi) is 3.60. The van der Waals surface area contributed by atoms with Crippen LogP contribution in [-0.4, -0.2) is 9.13 Å². The Morgan fingerprint density at radius 3 is 1.57 bits per heavy atom. The molecule has 3 nitrogen and oxygen atoms in total. The standard InChI is InChI=1S/C19H16N2OS/c22-19-20(11-15-7-3-1-4-8-15)17-13-23-14-18(17)21(19)12-16-9-5-2-6-10-16/h1-10,13-14H,11-12H2. The second-order valence-corrected chi connectivity index (χ2v) is 6.31. The maximum absolute atomic E-state index is 12.9. The zero-order valence-electron chi connectivity index (χ0n) is 12.6. The molecule has 0 spiro atoms. The number of aromatic nitrogens is 2. The molecule has 0 saturated carbocycles. The molecule has 0 aliphatic heterocycles. The highest BCUT2D eigenvalue weighted by Gasteiger charge is 2.14. The zero-order chi connectivity index (χ0) is 15.6. The number of hydrogen-bond acceptors (Lipinski definition) is 2. The Bertz CT molecular complexity index is 904. The number of fused-ring (bicyclic) bond motifs is 1. The van der Waals surface area contributed by atoms with Gasteiger partial charge in [0.2, 0.25) is 0 Å². The first-order valence-corrected chi connectivity index (χ1v) is 8.50. The number of rotatable bonds is 4. The van der Waals surface area contributed by atoms with Crippen molar-refractivity contribution in [2.24, 2.45) is 0 Å². The normalized spacial score (nSPS) is 11.1. The van der Waals surface area contributed by atoms with Gasteiger partial charge in [-0.1, -0.05) is 60.7 Å². The van der Waals surface area contributed by atoms with Gasteiger partial charge in [-0.3, -0.25) is 9.13 Å². The van der Waals surface area contributed by atoms with E-state index < -0.39 is 0 Å². The molecule has 0 aliphatic rings. The summed E-state index contributed by atoms with van der Waals surface area (Å²) < 4.78 is 3.73. The first kappa shape index (κ1) is 14.0. The minimum atomic E-state index is 0.0514. The number of benzene rings is 2. The van der Waals surface area contributed by atoms with Gasteiger partial charge in [-0.25, -0.2) is 4.79 Å². The SMILES string of the molecule is O=c1n(Cc2ccccc2)c2cscc2n1Cc1ccccc1. The molecule has 114 valence electrons. The van der Waals surface area contributed by atoms with E-state index in [1.165, 1.54) is 0 Å². The smallest absolute Gasteiger partial charge is 0.287 e. The quantitative estimate of drug-likeness (QED) is 0.559. The Morgan fingerprint density at radius 2 is 1.13 bits per heavy atom. The van der Waals surface area contributed by atoms with Crippen molar-refractivity contribution < 1.29 is 0 Å². The lowest BCUT2D eigenvalue weighted by molar-refractivity contribution is 0.701. The lowest BCUT2D eigenvalue weighted by Crippen LogP contribution is -2.25. The Morgan fingerprint density at radius 1 is 0.696 bits per heavy atom. The van der Waals surface area contributed by atoms with Crippen molar-refractivity contribution >= 4 is 22.4 Å². The van der Waals surface area contributed by atoms with E-state index in [1.807, 2.05) is 45.5 Å². The summed E-state index contributed by atoms with van der Waals surface area (Å²) >= 11 is 1.64. The van der Waals surface area contributed by atoms with Crippen LogP contribution in [-0.2, 0) is 13.1 Å². The van der Waals surface area contributed by atoms with Crippen LogP contribution >= 0.6 is 11.3 Å². The van der Waals surface area contributed by atoms with E-state index in [2.05, 4.69) is 35.0 Å². The number of imidazole rings is 1. The summed E-state index contributed by atoms with van der Waals surface area (Å²) in [6.45, 7) is 1.21. The molecule has 0 unspecified atom stereocenters. The van der Waals surface area contributed by atoms with Crippen LogP contribution in [0.3, 0.4) is 0 Å². The highest BCUT2D eigenvalue weighted by molar-refractivity contribution is 7.09. The molecular weight excluding hydrogens is 304 g/mol. The van der Waals surface area contributed by atoms with Gasteiger partial charge in [0.25, 0.3) is 0 Å². The van der Waals surface area contributed by atoms with Gasteiger partial charge in [-0.05, 0) is 11.1 Å². The molecule has 4 aromatic rings. The molecule has 2 aromatic heterocycles. The second-order valence-electron chi connectivity index (χ2n) is 5.57. The van der Waals surface area contributed by atoms with Gasteiger partial charge in [0, 0.05) is 10.8 Å². The predicted octanol–water partition coefficient (Wildman–Crippen LogP) is 3.96. The van der Waals surface area contributed by atoms with E-state index in [4.69, 9.17) is 0 Å². The Hall–Kier alpha value is -2.59. The average Bonchev–Trinajstić information content (AvgIpc) is 3.15. The number of nitrogens with zero attached hydrogens (tertiary/aromatic N) is 2. The van der Waals surface area contributed by atoms with Crippen LogP contribution in [0, 0.1) is 0 Å². The van der Waals surface area contributed by atoms with Crippen molar-refractivity contribution in [3.05, 3.63) is 93.0 Å². The van der Waals surface area contributed by atoms with Crippen molar-refractivity contribution in [1.82, 2.24) is 9.13 Å². The molecular formula is C19H16N2OS. The van der Waals surface area contributed by atoms with Crippen LogP contribution < -0.4 is 5.69 Å². The van der Waals surface area contributed by atoms with Crippen LogP contribution in [0.15, 0.2) is 76.2 Å². The third-order valence-electron chi connectivity index (χ3n) is 4.03. The van der Waals surface area contributed by atoms with E-state index in [-0.39, 0.29) is 5.69 Å². The van der Waals surface area contributed by atoms with Crippen LogP contribution in [0.2, 0.25) is 0 Å². The Balaban J connectivity index is 1.79. The molecule has 0 aliphatic carbocycles. The van der Waals surface area contributed by atoms with E-state index in [0.717, 1.165) is 22.2 Å². The van der Waals surface area contributed by atoms with Crippen LogP contribution in [0.5, 0.6) is 0 Å². The van der Waals surface area contributed by atoms with Gasteiger partial charge in [-0.2, -0.15) is 0 Å². The van der Waals surface area contributed by atoms with E-state index in [0.29, 0.717) is 13.1 Å². The lowest BCUT2D eigenvalue weighted by Gasteiger charge is -2.04. The highest BCUT2D eigenvalue weighted by Crippen LogP contribution is 2.20. The van der Waals surface area contributed by atoms with E-state index in [9.17, 15) is 4.79 Å². The molecule has 2 aromatic carbocycles. The summed E-state index contributed by atoms with van der Waals surface area (Å²) in [5.41, 5.74) is 4.36. The zero-order valence-corrected chi connectivity index (χ0v) is 13.4. The molecule has 2 heterocycles. The van der Waals surface area contributed by atoms with Gasteiger partial charge in [0.1, 0.15) is 0 Å². The highest BCUT2D eigenvalue weighted by atomic mass is 32.1. The van der Waals surface area contributed by atoms with Crippen molar-refractivity contribution in [3.8, 4) is 0 Å². The summed E-state index contributed by atoms with van der Waals surface area (Å²) in [4.78, 5) is 12.9. The van der Waals surface area contributed by atoms with Crippen molar-refractivity contribution in [3.63, 3.8) is 0 Å². The molecule has 0 saturated heterocycles. The van der Waals surface area contributed by atoms with Gasteiger partial charge in [0.05, 0.1) is 24.1 Å². The lowest BCUT2D eigenvalue weighted by atomic mass is 10.2. The summed E-state index contributed by atoms with van der Waals surface area (Å²) in [7, 11) is 0. The topological polar surface area (TPSA) is 26.9 Å². The molecule has 0 bridgehead atoms. The maximum atomic E-state index is 12.9. The van der Waals surface area contributed by atoms with Crippen molar-refractivity contribution in [1.29, 1.82) is 0 Å². The molecule has 0 atom stereocenters. The molecule has 23 heavy (non-hydrogen) atoms. The fourth-order valence-corrected chi connectivity index (χ4v) is 3.70. The Labute approximate surface area is 138 Å². The fourth-order valence-electron chi connectivity index (χ4n) is 2.88. The monoisotopic (exact) mass is 320 g/mol. The molecule has 4 rings (SSSR count). The number of thiophene rings is 1.